The molecular weight excluding hydrogens is 330 g/mol. The zero-order valence-corrected chi connectivity index (χ0v) is 13.0. The predicted molar refractivity (Wildman–Crippen MR) is 76.4 cm³/mol. The van der Waals surface area contributed by atoms with Crippen LogP contribution in [0.3, 0.4) is 0 Å². The van der Waals surface area contributed by atoms with Gasteiger partial charge in [-0.2, -0.15) is 0 Å². The first-order valence-electron chi connectivity index (χ1n) is 5.89. The number of nitrogens with one attached hydrogen (secondary N) is 1. The summed E-state index contributed by atoms with van der Waals surface area (Å²) in [4.78, 5) is 23.0. The summed E-state index contributed by atoms with van der Waals surface area (Å²) in [5.74, 6) is -0.699. The summed E-state index contributed by atoms with van der Waals surface area (Å²) in [5, 5.41) is 11.4. The summed E-state index contributed by atoms with van der Waals surface area (Å²) in [5.41, 5.74) is 0.280. The van der Waals surface area contributed by atoms with Crippen molar-refractivity contribution in [2.24, 2.45) is 0 Å². The molecule has 7 heteroatoms. The average molecular weight is 346 g/mol. The molecule has 1 atom stereocenters. The Balaban J connectivity index is 3.07. The fraction of sp³-hybridized carbons (Fsp3) is 0.385. The summed E-state index contributed by atoms with van der Waals surface area (Å²) >= 11 is 3.26. The van der Waals surface area contributed by atoms with Gasteiger partial charge in [0.15, 0.2) is 11.5 Å². The van der Waals surface area contributed by atoms with Crippen LogP contribution in [0.1, 0.15) is 23.7 Å². The largest absolute Gasteiger partial charge is 0.493 e. The fourth-order valence-corrected chi connectivity index (χ4v) is 2.11. The second-order valence-corrected chi connectivity index (χ2v) is 4.81. The summed E-state index contributed by atoms with van der Waals surface area (Å²) < 4.78 is 10.7. The molecule has 6 nitrogen and oxygen atoms in total. The van der Waals surface area contributed by atoms with Gasteiger partial charge in [-0.05, 0) is 34.5 Å². The Bertz CT molecular complexity index is 518. The van der Waals surface area contributed by atoms with Gasteiger partial charge < -0.3 is 19.9 Å². The van der Waals surface area contributed by atoms with Gasteiger partial charge in [-0.3, -0.25) is 4.79 Å². The average Bonchev–Trinajstić information content (AvgIpc) is 2.43. The lowest BCUT2D eigenvalue weighted by Gasteiger charge is -2.15. The molecule has 0 unspecified atom stereocenters. The van der Waals surface area contributed by atoms with E-state index in [0.717, 1.165) is 0 Å². The van der Waals surface area contributed by atoms with Crippen LogP contribution in [0.2, 0.25) is 0 Å². The van der Waals surface area contributed by atoms with E-state index in [-0.39, 0.29) is 5.56 Å². The Morgan fingerprint density at radius 1 is 1.30 bits per heavy atom. The zero-order chi connectivity index (χ0) is 15.3. The van der Waals surface area contributed by atoms with Crippen molar-refractivity contribution in [3.05, 3.63) is 22.2 Å². The van der Waals surface area contributed by atoms with E-state index in [1.165, 1.54) is 20.3 Å². The number of carboxylic acid groups (broad SMARTS) is 1. The van der Waals surface area contributed by atoms with Gasteiger partial charge in [0.1, 0.15) is 6.04 Å². The van der Waals surface area contributed by atoms with Crippen molar-refractivity contribution in [3.63, 3.8) is 0 Å². The van der Waals surface area contributed by atoms with Crippen LogP contribution in [-0.4, -0.2) is 37.2 Å². The number of benzene rings is 1. The number of carbonyl (C=O) groups excluding carboxylic acids is 1. The molecule has 0 aliphatic heterocycles. The Morgan fingerprint density at radius 3 is 2.30 bits per heavy atom. The van der Waals surface area contributed by atoms with Crippen LogP contribution >= 0.6 is 15.9 Å². The summed E-state index contributed by atoms with van der Waals surface area (Å²) in [6.45, 7) is 1.68. The van der Waals surface area contributed by atoms with E-state index in [1.54, 1.807) is 13.0 Å². The van der Waals surface area contributed by atoms with Crippen LogP contribution in [0.25, 0.3) is 0 Å². The van der Waals surface area contributed by atoms with Crippen LogP contribution in [-0.2, 0) is 4.79 Å². The van der Waals surface area contributed by atoms with Gasteiger partial charge in [0, 0.05) is 4.47 Å². The normalized spacial score (nSPS) is 11.6. The number of hydrogen-bond acceptors (Lipinski definition) is 4. The third-order valence-electron chi connectivity index (χ3n) is 2.73. The van der Waals surface area contributed by atoms with Crippen LogP contribution < -0.4 is 14.8 Å². The van der Waals surface area contributed by atoms with Crippen molar-refractivity contribution >= 4 is 27.8 Å². The van der Waals surface area contributed by atoms with Crippen molar-refractivity contribution in [1.29, 1.82) is 0 Å². The van der Waals surface area contributed by atoms with Crippen molar-refractivity contribution in [3.8, 4) is 11.5 Å². The minimum Gasteiger partial charge on any atom is -0.493 e. The first-order chi connectivity index (χ1) is 9.44. The number of carbonyl (C=O) groups is 2. The van der Waals surface area contributed by atoms with Crippen LogP contribution in [0, 0.1) is 0 Å². The minimum atomic E-state index is -1.07. The number of hydrogen-bond donors (Lipinski definition) is 2. The molecule has 20 heavy (non-hydrogen) atoms. The van der Waals surface area contributed by atoms with Gasteiger partial charge >= 0.3 is 5.97 Å². The number of amides is 1. The van der Waals surface area contributed by atoms with E-state index in [4.69, 9.17) is 14.6 Å². The van der Waals surface area contributed by atoms with E-state index >= 15 is 0 Å². The third kappa shape index (κ3) is 3.63. The molecule has 0 spiro atoms. The lowest BCUT2D eigenvalue weighted by Crippen LogP contribution is -2.40. The van der Waals surface area contributed by atoms with E-state index in [9.17, 15) is 9.59 Å². The summed E-state index contributed by atoms with van der Waals surface area (Å²) in [7, 11) is 2.95. The Hall–Kier alpha value is -1.76. The number of methoxy groups -OCH3 is 2. The zero-order valence-electron chi connectivity index (χ0n) is 11.4. The smallest absolute Gasteiger partial charge is 0.326 e. The number of rotatable bonds is 6. The van der Waals surface area contributed by atoms with Gasteiger partial charge in [-0.15, -0.1) is 0 Å². The standard InChI is InChI=1S/C13H16BrNO5/c1-4-9(13(17)18)15-12(16)7-5-10(19-2)11(20-3)6-8(7)14/h5-6,9H,4H2,1-3H3,(H,15,16)(H,17,18)/t9-/m0/s1. The maximum absolute atomic E-state index is 12.1. The highest BCUT2D eigenvalue weighted by Gasteiger charge is 2.21. The van der Waals surface area contributed by atoms with Crippen molar-refractivity contribution in [1.82, 2.24) is 5.32 Å². The minimum absolute atomic E-state index is 0.280. The maximum Gasteiger partial charge on any atom is 0.326 e. The Labute approximate surface area is 125 Å². The topological polar surface area (TPSA) is 84.9 Å². The van der Waals surface area contributed by atoms with E-state index in [2.05, 4.69) is 21.2 Å². The van der Waals surface area contributed by atoms with Crippen LogP contribution in [0.4, 0.5) is 0 Å². The van der Waals surface area contributed by atoms with Gasteiger partial charge in [0.25, 0.3) is 5.91 Å². The monoisotopic (exact) mass is 345 g/mol. The van der Waals surface area contributed by atoms with Crippen molar-refractivity contribution in [2.75, 3.05) is 14.2 Å². The molecule has 0 fully saturated rings. The molecule has 0 aliphatic rings. The summed E-state index contributed by atoms with van der Waals surface area (Å²) in [6, 6.07) is 2.16. The summed E-state index contributed by atoms with van der Waals surface area (Å²) in [6.07, 6.45) is 0.298. The SMILES string of the molecule is CC[C@H](NC(=O)c1cc(OC)c(OC)cc1Br)C(=O)O. The second-order valence-electron chi connectivity index (χ2n) is 3.96. The number of aliphatic carboxylic acids is 1. The molecule has 0 radical (unpaired) electrons. The molecule has 0 aliphatic carbocycles. The molecule has 1 aromatic rings. The quantitative estimate of drug-likeness (QED) is 0.824. The highest BCUT2D eigenvalue weighted by atomic mass is 79.9. The molecule has 0 heterocycles. The fourth-order valence-electron chi connectivity index (χ4n) is 1.60. The van der Waals surface area contributed by atoms with E-state index in [1.807, 2.05) is 0 Å². The molecule has 0 bridgehead atoms. The molecule has 0 saturated carbocycles. The van der Waals surface area contributed by atoms with E-state index < -0.39 is 17.9 Å². The number of ether oxygens (including phenoxy) is 2. The highest BCUT2D eigenvalue weighted by Crippen LogP contribution is 2.33. The lowest BCUT2D eigenvalue weighted by atomic mass is 10.1. The van der Waals surface area contributed by atoms with Gasteiger partial charge in [0.2, 0.25) is 0 Å². The molecule has 0 aromatic heterocycles. The maximum atomic E-state index is 12.1. The van der Waals surface area contributed by atoms with Crippen LogP contribution in [0.5, 0.6) is 11.5 Å². The van der Waals surface area contributed by atoms with Gasteiger partial charge in [-0.25, -0.2) is 4.79 Å². The van der Waals surface area contributed by atoms with Crippen molar-refractivity contribution < 1.29 is 24.2 Å². The second kappa shape index (κ2) is 7.14. The molecule has 110 valence electrons. The highest BCUT2D eigenvalue weighted by molar-refractivity contribution is 9.10. The molecular formula is C13H16BrNO5. The Kier molecular flexibility index (Phi) is 5.82. The molecule has 1 amide bonds. The van der Waals surface area contributed by atoms with E-state index in [0.29, 0.717) is 22.4 Å². The number of halogens is 1. The van der Waals surface area contributed by atoms with Crippen molar-refractivity contribution in [2.45, 2.75) is 19.4 Å². The molecule has 2 N–H and O–H groups in total. The Morgan fingerprint density at radius 2 is 1.85 bits per heavy atom. The molecule has 0 saturated heterocycles. The lowest BCUT2D eigenvalue weighted by molar-refractivity contribution is -0.139. The van der Waals surface area contributed by atoms with Gasteiger partial charge in [0.05, 0.1) is 19.8 Å². The first-order valence-corrected chi connectivity index (χ1v) is 6.69. The number of carboxylic acids is 1. The van der Waals surface area contributed by atoms with Crippen LogP contribution in [0.15, 0.2) is 16.6 Å². The third-order valence-corrected chi connectivity index (χ3v) is 3.39. The van der Waals surface area contributed by atoms with Gasteiger partial charge in [-0.1, -0.05) is 6.92 Å². The molecule has 1 rings (SSSR count). The predicted octanol–water partition coefficient (Wildman–Crippen LogP) is 2.06. The first kappa shape index (κ1) is 16.3. The molecule has 1 aromatic carbocycles.